The molecule has 0 bridgehead atoms. The largest absolute Gasteiger partial charge is 0.480 e. The molecule has 1 aliphatic heterocycles. The van der Waals surface area contributed by atoms with Gasteiger partial charge in [-0.25, -0.2) is 9.59 Å². The summed E-state index contributed by atoms with van der Waals surface area (Å²) < 4.78 is 0. The van der Waals surface area contributed by atoms with Crippen molar-refractivity contribution in [2.24, 2.45) is 0 Å². The molecule has 1 atom stereocenters. The molecule has 0 spiro atoms. The van der Waals surface area contributed by atoms with Gasteiger partial charge in [0, 0.05) is 7.05 Å². The van der Waals surface area contributed by atoms with E-state index in [1.54, 1.807) is 7.05 Å². The molecule has 1 fully saturated rings. The van der Waals surface area contributed by atoms with Crippen molar-refractivity contribution in [2.45, 2.75) is 26.8 Å². The van der Waals surface area contributed by atoms with Crippen molar-refractivity contribution < 1.29 is 14.7 Å². The van der Waals surface area contributed by atoms with Crippen LogP contribution in [0.1, 0.15) is 16.7 Å². The van der Waals surface area contributed by atoms with E-state index in [4.69, 9.17) is 0 Å². The number of aliphatic carboxylic acids is 1. The van der Waals surface area contributed by atoms with Crippen molar-refractivity contribution in [3.05, 3.63) is 28.8 Å². The Morgan fingerprint density at radius 3 is 2.26 bits per heavy atom. The number of anilines is 1. The highest BCUT2D eigenvalue weighted by molar-refractivity contribution is 6.02. The third kappa shape index (κ3) is 2.16. The summed E-state index contributed by atoms with van der Waals surface area (Å²) in [4.78, 5) is 26.4. The minimum atomic E-state index is -0.975. The Kier molecular flexibility index (Phi) is 3.22. The highest BCUT2D eigenvalue weighted by Crippen LogP contribution is 2.31. The maximum Gasteiger partial charge on any atom is 0.328 e. The number of carboxylic acid groups (broad SMARTS) is 1. The number of amides is 2. The molecule has 1 aromatic carbocycles. The van der Waals surface area contributed by atoms with Crippen LogP contribution in [0.15, 0.2) is 12.1 Å². The lowest BCUT2D eigenvalue weighted by molar-refractivity contribution is -0.138. The van der Waals surface area contributed by atoms with Crippen LogP contribution >= 0.6 is 0 Å². The average Bonchev–Trinajstić information content (AvgIpc) is 2.56. The fourth-order valence-electron chi connectivity index (χ4n) is 2.73. The average molecular weight is 262 g/mol. The Morgan fingerprint density at radius 1 is 1.26 bits per heavy atom. The van der Waals surface area contributed by atoms with E-state index in [0.717, 1.165) is 16.7 Å². The number of nitrogens with zero attached hydrogens (tertiary/aromatic N) is 2. The van der Waals surface area contributed by atoms with Crippen molar-refractivity contribution in [2.75, 3.05) is 18.5 Å². The highest BCUT2D eigenvalue weighted by atomic mass is 16.4. The normalized spacial score (nSPS) is 19.2. The van der Waals surface area contributed by atoms with E-state index in [1.807, 2.05) is 32.9 Å². The highest BCUT2D eigenvalue weighted by Gasteiger charge is 2.41. The summed E-state index contributed by atoms with van der Waals surface area (Å²) in [5.74, 6) is -0.975. The van der Waals surface area contributed by atoms with Crippen molar-refractivity contribution >= 4 is 17.7 Å². The lowest BCUT2D eigenvalue weighted by atomic mass is 10.0. The molecule has 1 saturated heterocycles. The number of benzene rings is 1. The van der Waals surface area contributed by atoms with Crippen molar-refractivity contribution in [1.29, 1.82) is 0 Å². The Labute approximate surface area is 112 Å². The van der Waals surface area contributed by atoms with E-state index in [0.29, 0.717) is 5.69 Å². The van der Waals surface area contributed by atoms with Gasteiger partial charge in [0.1, 0.15) is 0 Å². The molecule has 0 radical (unpaired) electrons. The van der Waals surface area contributed by atoms with E-state index >= 15 is 0 Å². The molecule has 5 nitrogen and oxygen atoms in total. The van der Waals surface area contributed by atoms with Crippen LogP contribution < -0.4 is 4.90 Å². The minimum absolute atomic E-state index is 0.209. The van der Waals surface area contributed by atoms with Crippen LogP contribution in [0.3, 0.4) is 0 Å². The number of urea groups is 1. The SMILES string of the molecule is Cc1cc(C)c(N2C(=O)N(C)CC2C(=O)O)c(C)c1. The molecule has 1 N–H and O–H groups in total. The Balaban J connectivity index is 2.56. The summed E-state index contributed by atoms with van der Waals surface area (Å²) in [5, 5.41) is 9.30. The van der Waals surface area contributed by atoms with Gasteiger partial charge in [0.2, 0.25) is 0 Å². The van der Waals surface area contributed by atoms with Gasteiger partial charge in [0.25, 0.3) is 0 Å². The Hall–Kier alpha value is -2.04. The van der Waals surface area contributed by atoms with Gasteiger partial charge < -0.3 is 10.0 Å². The second-order valence-corrected chi connectivity index (χ2v) is 5.13. The second-order valence-electron chi connectivity index (χ2n) is 5.13. The van der Waals surface area contributed by atoms with E-state index in [2.05, 4.69) is 0 Å². The summed E-state index contributed by atoms with van der Waals surface area (Å²) in [6, 6.07) is 2.85. The number of hydrogen-bond acceptors (Lipinski definition) is 2. The molecular formula is C14H18N2O3. The molecule has 0 aromatic heterocycles. The molecule has 1 unspecified atom stereocenters. The Morgan fingerprint density at radius 2 is 1.79 bits per heavy atom. The number of aryl methyl sites for hydroxylation is 3. The molecule has 0 saturated carbocycles. The zero-order chi connectivity index (χ0) is 14.3. The van der Waals surface area contributed by atoms with Crippen LogP contribution in [0, 0.1) is 20.8 Å². The minimum Gasteiger partial charge on any atom is -0.480 e. The molecule has 19 heavy (non-hydrogen) atoms. The van der Waals surface area contributed by atoms with E-state index < -0.39 is 12.0 Å². The van der Waals surface area contributed by atoms with Crippen LogP contribution in [-0.4, -0.2) is 41.6 Å². The molecule has 2 amide bonds. The van der Waals surface area contributed by atoms with Crippen LogP contribution in [0.25, 0.3) is 0 Å². The van der Waals surface area contributed by atoms with E-state index in [-0.39, 0.29) is 12.6 Å². The number of likely N-dealkylation sites (N-methyl/N-ethyl adjacent to an activating group) is 1. The smallest absolute Gasteiger partial charge is 0.328 e. The molecule has 2 rings (SSSR count). The number of hydrogen-bond donors (Lipinski definition) is 1. The van der Waals surface area contributed by atoms with Crippen LogP contribution in [0.4, 0.5) is 10.5 Å². The van der Waals surface area contributed by atoms with Crippen LogP contribution in [0.2, 0.25) is 0 Å². The third-order valence-corrected chi connectivity index (χ3v) is 3.45. The topological polar surface area (TPSA) is 60.9 Å². The number of carbonyl (C=O) groups excluding carboxylic acids is 1. The van der Waals surface area contributed by atoms with Crippen LogP contribution in [-0.2, 0) is 4.79 Å². The molecule has 1 aromatic rings. The first-order chi connectivity index (χ1) is 8.82. The van der Waals surface area contributed by atoms with Gasteiger partial charge in [-0.05, 0) is 31.9 Å². The summed E-state index contributed by atoms with van der Waals surface area (Å²) in [6.45, 7) is 6.00. The van der Waals surface area contributed by atoms with E-state index in [9.17, 15) is 14.7 Å². The monoisotopic (exact) mass is 262 g/mol. The number of carboxylic acids is 1. The quantitative estimate of drug-likeness (QED) is 0.886. The van der Waals surface area contributed by atoms with Crippen molar-refractivity contribution in [3.63, 3.8) is 0 Å². The van der Waals surface area contributed by atoms with Gasteiger partial charge >= 0.3 is 12.0 Å². The van der Waals surface area contributed by atoms with E-state index in [1.165, 1.54) is 9.80 Å². The first kappa shape index (κ1) is 13.4. The third-order valence-electron chi connectivity index (χ3n) is 3.45. The zero-order valence-electron chi connectivity index (χ0n) is 11.6. The summed E-state index contributed by atoms with van der Waals surface area (Å²) in [5.41, 5.74) is 3.66. The van der Waals surface area contributed by atoms with Gasteiger partial charge in [-0.2, -0.15) is 0 Å². The van der Waals surface area contributed by atoms with Gasteiger partial charge in [-0.3, -0.25) is 4.90 Å². The molecule has 5 heteroatoms. The first-order valence-corrected chi connectivity index (χ1v) is 6.18. The lowest BCUT2D eigenvalue weighted by Gasteiger charge is -2.24. The maximum atomic E-state index is 12.2. The molecule has 102 valence electrons. The van der Waals surface area contributed by atoms with Gasteiger partial charge in [0.05, 0.1) is 12.2 Å². The standard InChI is InChI=1S/C14H18N2O3/c1-8-5-9(2)12(10(3)6-8)16-11(13(17)18)7-15(4)14(16)19/h5-6,11H,7H2,1-4H3,(H,17,18). The summed E-state index contributed by atoms with van der Waals surface area (Å²) >= 11 is 0. The number of carbonyl (C=O) groups is 2. The predicted octanol–water partition coefficient (Wildman–Crippen LogP) is 1.94. The van der Waals surface area contributed by atoms with Gasteiger partial charge in [-0.15, -0.1) is 0 Å². The summed E-state index contributed by atoms with van der Waals surface area (Å²) in [6.07, 6.45) is 0. The molecule has 1 heterocycles. The number of rotatable bonds is 2. The van der Waals surface area contributed by atoms with Crippen LogP contribution in [0.5, 0.6) is 0 Å². The summed E-state index contributed by atoms with van der Waals surface area (Å²) in [7, 11) is 1.62. The van der Waals surface area contributed by atoms with Crippen molar-refractivity contribution in [3.8, 4) is 0 Å². The second kappa shape index (κ2) is 4.57. The predicted molar refractivity (Wildman–Crippen MR) is 72.6 cm³/mol. The lowest BCUT2D eigenvalue weighted by Crippen LogP contribution is -2.40. The zero-order valence-corrected chi connectivity index (χ0v) is 11.6. The molecule has 1 aliphatic rings. The fourth-order valence-corrected chi connectivity index (χ4v) is 2.73. The van der Waals surface area contributed by atoms with Crippen molar-refractivity contribution in [1.82, 2.24) is 4.90 Å². The fraction of sp³-hybridized carbons (Fsp3) is 0.429. The first-order valence-electron chi connectivity index (χ1n) is 6.18. The molecular weight excluding hydrogens is 244 g/mol. The maximum absolute atomic E-state index is 12.2. The van der Waals surface area contributed by atoms with Gasteiger partial charge in [0.15, 0.2) is 6.04 Å². The molecule has 0 aliphatic carbocycles. The Bertz CT molecular complexity index is 531. The van der Waals surface area contributed by atoms with Gasteiger partial charge in [-0.1, -0.05) is 17.7 Å².